The molecule has 3 heteroatoms. The summed E-state index contributed by atoms with van der Waals surface area (Å²) in [6, 6.07) is 6.39. The topological polar surface area (TPSA) is 24.4 Å². The van der Waals surface area contributed by atoms with Gasteiger partial charge in [-0.25, -0.2) is 0 Å². The van der Waals surface area contributed by atoms with Gasteiger partial charge < -0.3 is 0 Å². The van der Waals surface area contributed by atoms with Gasteiger partial charge >= 0.3 is 97.1 Å². The summed E-state index contributed by atoms with van der Waals surface area (Å²) in [6.45, 7) is 5.28. The van der Waals surface area contributed by atoms with Crippen molar-refractivity contribution in [1.82, 2.24) is 0 Å². The summed E-state index contributed by atoms with van der Waals surface area (Å²) < 4.78 is 1.21. The van der Waals surface area contributed by atoms with Crippen molar-refractivity contribution in [2.75, 3.05) is 11.9 Å². The van der Waals surface area contributed by atoms with Gasteiger partial charge in [0, 0.05) is 0 Å². The predicted molar refractivity (Wildman–Crippen MR) is 67.0 cm³/mol. The third kappa shape index (κ3) is 2.61. The first kappa shape index (κ1) is 10.7. The predicted octanol–water partition coefficient (Wildman–Crippen LogP) is 2.60. The fourth-order valence-corrected chi connectivity index (χ4v) is 3.38. The molecule has 80 valence electrons. The van der Waals surface area contributed by atoms with E-state index in [1.807, 2.05) is 0 Å². The van der Waals surface area contributed by atoms with E-state index < -0.39 is 0 Å². The van der Waals surface area contributed by atoms with Gasteiger partial charge in [0.15, 0.2) is 0 Å². The second kappa shape index (κ2) is 4.82. The Morgan fingerprint density at radius 3 is 2.60 bits per heavy atom. The summed E-state index contributed by atoms with van der Waals surface area (Å²) in [6.07, 6.45) is 1.26. The molecule has 0 aliphatic carbocycles. The Morgan fingerprint density at radius 2 is 2.00 bits per heavy atom. The molecule has 0 radical (unpaired) electrons. The molecule has 2 rings (SSSR count). The molecule has 0 bridgehead atoms. The van der Waals surface area contributed by atoms with Gasteiger partial charge in [-0.3, -0.25) is 0 Å². The van der Waals surface area contributed by atoms with Crippen LogP contribution in [-0.2, 0) is 0 Å². The molecule has 1 heterocycles. The van der Waals surface area contributed by atoms with Crippen LogP contribution in [0.25, 0.3) is 0 Å². The number of nitrogens with zero attached hydrogens (tertiary/aromatic N) is 1. The standard InChI is InChI=1S/C12H16N2Se/c1-9-5-3-6-10(2)11(9)14-12-13-7-4-8-15-12/h3,5-6H,4,7-8H2,1-2H3,(H,13,14). The number of aliphatic imine (C=N–C) groups is 1. The maximum absolute atomic E-state index is 4.54. The van der Waals surface area contributed by atoms with Crippen LogP contribution in [0.4, 0.5) is 5.69 Å². The van der Waals surface area contributed by atoms with Crippen molar-refractivity contribution in [2.45, 2.75) is 25.6 Å². The minimum absolute atomic E-state index is 0.549. The Bertz CT molecular complexity index is 365. The van der Waals surface area contributed by atoms with Crippen LogP contribution in [0.5, 0.6) is 0 Å². The van der Waals surface area contributed by atoms with Crippen LogP contribution < -0.4 is 5.32 Å². The Labute approximate surface area is 97.3 Å². The van der Waals surface area contributed by atoms with Gasteiger partial charge in [0.05, 0.1) is 0 Å². The molecule has 0 amide bonds. The SMILES string of the molecule is Cc1cccc(C)c1NC1=NCCC[Se]1. The first-order valence-corrected chi connectivity index (χ1v) is 7.34. The second-order valence-electron chi connectivity index (χ2n) is 3.78. The Balaban J connectivity index is 2.19. The van der Waals surface area contributed by atoms with E-state index in [1.54, 1.807) is 0 Å². The monoisotopic (exact) mass is 268 g/mol. The van der Waals surface area contributed by atoms with Crippen molar-refractivity contribution in [3.05, 3.63) is 29.3 Å². The number of anilines is 1. The van der Waals surface area contributed by atoms with E-state index in [0.29, 0.717) is 15.0 Å². The number of aryl methyl sites for hydroxylation is 2. The number of nitrogens with one attached hydrogen (secondary N) is 1. The molecule has 0 spiro atoms. The molecular formula is C12H16N2Se. The van der Waals surface area contributed by atoms with Gasteiger partial charge in [-0.05, 0) is 0 Å². The van der Waals surface area contributed by atoms with E-state index in [1.165, 1.54) is 33.3 Å². The Morgan fingerprint density at radius 1 is 1.27 bits per heavy atom. The molecule has 1 aromatic rings. The second-order valence-corrected chi connectivity index (χ2v) is 6.05. The van der Waals surface area contributed by atoms with Gasteiger partial charge in [-0.2, -0.15) is 0 Å². The van der Waals surface area contributed by atoms with E-state index in [-0.39, 0.29) is 0 Å². The van der Waals surface area contributed by atoms with Crippen LogP contribution in [0.2, 0.25) is 5.32 Å². The first-order valence-electron chi connectivity index (χ1n) is 5.28. The summed E-state index contributed by atoms with van der Waals surface area (Å²) in [5.74, 6) is 0. The summed E-state index contributed by atoms with van der Waals surface area (Å²) in [5, 5.41) is 4.82. The Hall–Kier alpha value is -0.791. The molecule has 0 saturated carbocycles. The zero-order chi connectivity index (χ0) is 10.7. The summed E-state index contributed by atoms with van der Waals surface area (Å²) >= 11 is 0.549. The van der Waals surface area contributed by atoms with Crippen LogP contribution in [0.1, 0.15) is 17.5 Å². The zero-order valence-corrected chi connectivity index (χ0v) is 10.9. The summed E-state index contributed by atoms with van der Waals surface area (Å²) in [7, 11) is 0. The molecule has 0 aromatic heterocycles. The van der Waals surface area contributed by atoms with Crippen molar-refractivity contribution in [3.63, 3.8) is 0 Å². The van der Waals surface area contributed by atoms with Crippen LogP contribution in [0, 0.1) is 13.8 Å². The van der Waals surface area contributed by atoms with E-state index >= 15 is 0 Å². The van der Waals surface area contributed by atoms with Crippen LogP contribution in [-0.4, -0.2) is 26.2 Å². The van der Waals surface area contributed by atoms with E-state index in [0.717, 1.165) is 6.54 Å². The molecule has 1 aromatic carbocycles. The number of para-hydroxylation sites is 1. The van der Waals surface area contributed by atoms with Crippen molar-refractivity contribution in [1.29, 1.82) is 0 Å². The molecule has 1 aliphatic rings. The number of hydrogen-bond acceptors (Lipinski definition) is 2. The summed E-state index contributed by atoms with van der Waals surface area (Å²) in [4.78, 5) is 4.54. The average Bonchev–Trinajstić information content (AvgIpc) is 2.25. The fraction of sp³-hybridized carbons (Fsp3) is 0.417. The van der Waals surface area contributed by atoms with Crippen molar-refractivity contribution < 1.29 is 0 Å². The Kier molecular flexibility index (Phi) is 3.45. The van der Waals surface area contributed by atoms with Crippen molar-refractivity contribution >= 4 is 25.4 Å². The third-order valence-electron chi connectivity index (χ3n) is 2.51. The minimum atomic E-state index is 0.549. The average molecular weight is 267 g/mol. The quantitative estimate of drug-likeness (QED) is 0.777. The van der Waals surface area contributed by atoms with Crippen LogP contribution >= 0.6 is 0 Å². The number of amidine groups is 1. The van der Waals surface area contributed by atoms with Crippen LogP contribution in [0.15, 0.2) is 23.2 Å². The van der Waals surface area contributed by atoms with E-state index in [4.69, 9.17) is 0 Å². The van der Waals surface area contributed by atoms with Crippen LogP contribution in [0.3, 0.4) is 0 Å². The van der Waals surface area contributed by atoms with Gasteiger partial charge in [-0.1, -0.05) is 0 Å². The summed E-state index contributed by atoms with van der Waals surface area (Å²) in [5.41, 5.74) is 3.86. The van der Waals surface area contributed by atoms with Gasteiger partial charge in [-0.15, -0.1) is 0 Å². The van der Waals surface area contributed by atoms with E-state index in [9.17, 15) is 0 Å². The van der Waals surface area contributed by atoms with Gasteiger partial charge in [0.1, 0.15) is 0 Å². The van der Waals surface area contributed by atoms with Gasteiger partial charge in [0.25, 0.3) is 0 Å². The number of hydrogen-bond donors (Lipinski definition) is 1. The molecule has 0 unspecified atom stereocenters. The van der Waals surface area contributed by atoms with Crippen molar-refractivity contribution in [3.8, 4) is 0 Å². The first-order chi connectivity index (χ1) is 7.27. The molecule has 1 aliphatic heterocycles. The third-order valence-corrected chi connectivity index (χ3v) is 4.60. The van der Waals surface area contributed by atoms with Gasteiger partial charge in [0.2, 0.25) is 0 Å². The molecule has 15 heavy (non-hydrogen) atoms. The maximum atomic E-state index is 4.54. The molecule has 0 saturated heterocycles. The normalized spacial score (nSPS) is 16.0. The zero-order valence-electron chi connectivity index (χ0n) is 9.21. The molecule has 0 fully saturated rings. The number of benzene rings is 1. The fourth-order valence-electron chi connectivity index (χ4n) is 1.65. The number of rotatable bonds is 1. The molecule has 0 atom stereocenters. The molecule has 2 nitrogen and oxygen atoms in total. The molecule has 1 N–H and O–H groups in total. The van der Waals surface area contributed by atoms with E-state index in [2.05, 4.69) is 42.4 Å². The molecular weight excluding hydrogens is 251 g/mol. The van der Waals surface area contributed by atoms with Crippen molar-refractivity contribution in [2.24, 2.45) is 4.99 Å².